The minimum Gasteiger partial charge on any atom is -0.492 e. The third-order valence-corrected chi connectivity index (χ3v) is 2.46. The van der Waals surface area contributed by atoms with E-state index >= 15 is 0 Å². The smallest absolute Gasteiger partial charge is 0.328 e. The van der Waals surface area contributed by atoms with Crippen LogP contribution in [0.15, 0.2) is 42.7 Å². The number of rotatable bonds is 6. The number of aliphatic carboxylic acids is 1. The van der Waals surface area contributed by atoms with Crippen molar-refractivity contribution >= 4 is 12.0 Å². The summed E-state index contributed by atoms with van der Waals surface area (Å²) in [6.45, 7) is 0.886. The van der Waals surface area contributed by atoms with Gasteiger partial charge in [-0.25, -0.2) is 9.18 Å². The van der Waals surface area contributed by atoms with Crippen molar-refractivity contribution in [3.63, 3.8) is 0 Å². The first-order valence-electron chi connectivity index (χ1n) is 5.95. The molecule has 0 amide bonds. The topological polar surface area (TPSA) is 64.3 Å². The molecule has 6 heteroatoms. The fourth-order valence-corrected chi connectivity index (χ4v) is 1.62. The molecule has 0 radical (unpaired) electrons. The number of benzene rings is 1. The van der Waals surface area contributed by atoms with E-state index < -0.39 is 11.8 Å². The molecule has 0 bridgehead atoms. The zero-order valence-electron chi connectivity index (χ0n) is 10.6. The van der Waals surface area contributed by atoms with E-state index in [4.69, 9.17) is 9.84 Å². The minimum atomic E-state index is -1.09. The molecule has 104 valence electrons. The van der Waals surface area contributed by atoms with Crippen LogP contribution in [0, 0.1) is 5.82 Å². The van der Waals surface area contributed by atoms with Gasteiger partial charge in [0, 0.05) is 24.5 Å². The van der Waals surface area contributed by atoms with Crippen LogP contribution in [-0.2, 0) is 11.3 Å². The maximum atomic E-state index is 13.4. The molecule has 1 aromatic heterocycles. The van der Waals surface area contributed by atoms with Gasteiger partial charge in [0.05, 0.1) is 6.54 Å². The van der Waals surface area contributed by atoms with Crippen molar-refractivity contribution in [1.29, 1.82) is 0 Å². The van der Waals surface area contributed by atoms with Crippen LogP contribution >= 0.6 is 0 Å². The molecule has 0 aliphatic rings. The number of hydrogen-bond acceptors (Lipinski definition) is 3. The second-order valence-corrected chi connectivity index (χ2v) is 4.01. The molecular weight excluding hydrogens is 263 g/mol. The zero-order chi connectivity index (χ0) is 14.4. The SMILES string of the molecule is O=C(O)/C=C/c1cc(F)cc(OCCn2cccn2)c1. The van der Waals surface area contributed by atoms with Gasteiger partial charge in [0.2, 0.25) is 0 Å². The molecule has 0 atom stereocenters. The Kier molecular flexibility index (Phi) is 4.49. The Hall–Kier alpha value is -2.63. The van der Waals surface area contributed by atoms with Crippen LogP contribution in [0.4, 0.5) is 4.39 Å². The van der Waals surface area contributed by atoms with E-state index in [1.165, 1.54) is 18.2 Å². The molecule has 1 N–H and O–H groups in total. The van der Waals surface area contributed by atoms with Gasteiger partial charge in [0.25, 0.3) is 0 Å². The van der Waals surface area contributed by atoms with Crippen LogP contribution in [0.25, 0.3) is 6.08 Å². The highest BCUT2D eigenvalue weighted by Crippen LogP contribution is 2.17. The number of aromatic nitrogens is 2. The van der Waals surface area contributed by atoms with Gasteiger partial charge in [0.1, 0.15) is 18.2 Å². The molecule has 2 aromatic rings. The van der Waals surface area contributed by atoms with Crippen molar-refractivity contribution < 1.29 is 19.0 Å². The van der Waals surface area contributed by atoms with Crippen LogP contribution < -0.4 is 4.74 Å². The summed E-state index contributed by atoms with van der Waals surface area (Å²) >= 11 is 0. The lowest BCUT2D eigenvalue weighted by Gasteiger charge is -2.07. The van der Waals surface area contributed by atoms with Crippen molar-refractivity contribution in [1.82, 2.24) is 9.78 Å². The van der Waals surface area contributed by atoms with E-state index in [1.807, 2.05) is 0 Å². The van der Waals surface area contributed by atoms with Gasteiger partial charge in [-0.2, -0.15) is 5.10 Å². The third-order valence-electron chi connectivity index (χ3n) is 2.46. The highest BCUT2D eigenvalue weighted by Gasteiger charge is 2.01. The van der Waals surface area contributed by atoms with Crippen molar-refractivity contribution in [2.24, 2.45) is 0 Å². The molecular formula is C14H13FN2O3. The van der Waals surface area contributed by atoms with Crippen molar-refractivity contribution in [3.8, 4) is 5.75 Å². The molecule has 2 rings (SSSR count). The van der Waals surface area contributed by atoms with Crippen LogP contribution in [0.2, 0.25) is 0 Å². The predicted octanol–water partition coefficient (Wildman–Crippen LogP) is 2.20. The van der Waals surface area contributed by atoms with Gasteiger partial charge in [-0.05, 0) is 29.8 Å². The summed E-state index contributed by atoms with van der Waals surface area (Å²) in [5.41, 5.74) is 0.432. The average molecular weight is 276 g/mol. The van der Waals surface area contributed by atoms with Crippen LogP contribution in [0.1, 0.15) is 5.56 Å². The van der Waals surface area contributed by atoms with Crippen LogP contribution in [0.5, 0.6) is 5.75 Å². The average Bonchev–Trinajstić information content (AvgIpc) is 2.89. The lowest BCUT2D eigenvalue weighted by molar-refractivity contribution is -0.131. The first-order valence-corrected chi connectivity index (χ1v) is 5.95. The molecule has 5 nitrogen and oxygen atoms in total. The lowest BCUT2D eigenvalue weighted by Crippen LogP contribution is -2.08. The molecule has 1 aromatic carbocycles. The Morgan fingerprint density at radius 1 is 1.45 bits per heavy atom. The maximum absolute atomic E-state index is 13.4. The summed E-state index contributed by atoms with van der Waals surface area (Å²) < 4.78 is 20.5. The minimum absolute atomic E-state index is 0.340. The number of nitrogens with zero attached hydrogens (tertiary/aromatic N) is 2. The third kappa shape index (κ3) is 4.24. The normalized spacial score (nSPS) is 10.8. The molecule has 20 heavy (non-hydrogen) atoms. The fraction of sp³-hybridized carbons (Fsp3) is 0.143. The molecule has 0 saturated heterocycles. The Labute approximate surface area is 114 Å². The second-order valence-electron chi connectivity index (χ2n) is 4.01. The van der Waals surface area contributed by atoms with Crippen LogP contribution in [0.3, 0.4) is 0 Å². The van der Waals surface area contributed by atoms with E-state index in [0.717, 1.165) is 6.08 Å². The van der Waals surface area contributed by atoms with Gasteiger partial charge in [-0.1, -0.05) is 0 Å². The quantitative estimate of drug-likeness (QED) is 0.821. The van der Waals surface area contributed by atoms with Gasteiger partial charge in [0.15, 0.2) is 0 Å². The molecule has 0 saturated carbocycles. The first kappa shape index (κ1) is 13.8. The molecule has 1 heterocycles. The van der Waals surface area contributed by atoms with E-state index in [9.17, 15) is 9.18 Å². The number of hydrogen-bond donors (Lipinski definition) is 1. The Morgan fingerprint density at radius 3 is 3.00 bits per heavy atom. The monoisotopic (exact) mass is 276 g/mol. The summed E-state index contributed by atoms with van der Waals surface area (Å²) in [4.78, 5) is 10.4. The summed E-state index contributed by atoms with van der Waals surface area (Å²) in [5, 5.41) is 12.6. The molecule has 0 unspecified atom stereocenters. The van der Waals surface area contributed by atoms with Gasteiger partial charge in [-0.15, -0.1) is 0 Å². The van der Waals surface area contributed by atoms with E-state index in [1.54, 1.807) is 29.2 Å². The summed E-state index contributed by atoms with van der Waals surface area (Å²) in [7, 11) is 0. The summed E-state index contributed by atoms with van der Waals surface area (Å²) in [6, 6.07) is 5.86. The lowest BCUT2D eigenvalue weighted by atomic mass is 10.2. The Morgan fingerprint density at radius 2 is 2.30 bits per heavy atom. The van der Waals surface area contributed by atoms with Crippen molar-refractivity contribution in [2.75, 3.05) is 6.61 Å². The van der Waals surface area contributed by atoms with Gasteiger partial charge in [-0.3, -0.25) is 4.68 Å². The number of halogens is 1. The largest absolute Gasteiger partial charge is 0.492 e. The van der Waals surface area contributed by atoms with Crippen molar-refractivity contribution in [2.45, 2.75) is 6.54 Å². The van der Waals surface area contributed by atoms with Gasteiger partial charge >= 0.3 is 5.97 Å². The number of carbonyl (C=O) groups is 1. The molecule has 0 fully saturated rings. The van der Waals surface area contributed by atoms with E-state index in [2.05, 4.69) is 5.10 Å². The number of ether oxygens (including phenoxy) is 1. The van der Waals surface area contributed by atoms with E-state index in [-0.39, 0.29) is 0 Å². The van der Waals surface area contributed by atoms with Gasteiger partial charge < -0.3 is 9.84 Å². The Balaban J connectivity index is 1.98. The van der Waals surface area contributed by atoms with Crippen molar-refractivity contribution in [3.05, 3.63) is 54.1 Å². The Bertz CT molecular complexity index is 609. The standard InChI is InChI=1S/C14H13FN2O3/c15-12-8-11(2-3-14(18)19)9-13(10-12)20-7-6-17-5-1-4-16-17/h1-5,8-10H,6-7H2,(H,18,19)/b3-2+. The summed E-state index contributed by atoms with van der Waals surface area (Å²) in [5.74, 6) is -1.22. The molecule has 0 spiro atoms. The summed E-state index contributed by atoms with van der Waals surface area (Å²) in [6.07, 6.45) is 5.72. The molecule has 0 aliphatic carbocycles. The highest BCUT2D eigenvalue weighted by atomic mass is 19.1. The first-order chi connectivity index (χ1) is 9.63. The fourth-order valence-electron chi connectivity index (χ4n) is 1.62. The van der Waals surface area contributed by atoms with Crippen LogP contribution in [-0.4, -0.2) is 27.5 Å². The number of carboxylic acids is 1. The molecule has 0 aliphatic heterocycles. The second kappa shape index (κ2) is 6.51. The predicted molar refractivity (Wildman–Crippen MR) is 70.8 cm³/mol. The van der Waals surface area contributed by atoms with E-state index in [0.29, 0.717) is 24.5 Å². The zero-order valence-corrected chi connectivity index (χ0v) is 10.6. The highest BCUT2D eigenvalue weighted by molar-refractivity contribution is 5.85. The maximum Gasteiger partial charge on any atom is 0.328 e. The number of carboxylic acid groups (broad SMARTS) is 1.